The van der Waals surface area contributed by atoms with Gasteiger partial charge in [0.05, 0.1) is 23.7 Å². The summed E-state index contributed by atoms with van der Waals surface area (Å²) >= 11 is 0. The second-order valence-electron chi connectivity index (χ2n) is 13.7. The summed E-state index contributed by atoms with van der Waals surface area (Å²) in [5, 5.41) is 0. The van der Waals surface area contributed by atoms with Crippen LogP contribution in [-0.4, -0.2) is 77.4 Å². The molecule has 0 aliphatic carbocycles. The smallest absolute Gasteiger partial charge is 0.329 e. The van der Waals surface area contributed by atoms with Crippen LogP contribution in [0.25, 0.3) is 11.0 Å². The quantitative estimate of drug-likeness (QED) is 0.109. The molecule has 3 amide bonds. The van der Waals surface area contributed by atoms with E-state index < -0.39 is 6.04 Å². The third-order valence-electron chi connectivity index (χ3n) is 9.79. The number of amides is 3. The van der Waals surface area contributed by atoms with Gasteiger partial charge in [0.25, 0.3) is 5.91 Å². The molecule has 4 N–H and O–H groups in total. The number of nitrogens with two attached hydrogens (primary N) is 2. The predicted molar refractivity (Wildman–Crippen MR) is 197 cm³/mol. The molecule has 1 aromatic heterocycles. The van der Waals surface area contributed by atoms with E-state index in [0.717, 1.165) is 92.7 Å². The van der Waals surface area contributed by atoms with Crippen molar-refractivity contribution in [3.63, 3.8) is 0 Å². The van der Waals surface area contributed by atoms with Crippen LogP contribution in [0.1, 0.15) is 93.9 Å². The number of aromatic nitrogens is 2. The molecule has 1 unspecified atom stereocenters. The van der Waals surface area contributed by atoms with E-state index in [0.29, 0.717) is 31.6 Å². The Kier molecular flexibility index (Phi) is 15.9. The highest BCUT2D eigenvalue weighted by molar-refractivity contribution is 5.99. The number of imide groups is 1. The van der Waals surface area contributed by atoms with Gasteiger partial charge in [0.15, 0.2) is 0 Å². The Balaban J connectivity index is 1.00. The molecule has 0 saturated carbocycles. The molecule has 2 aromatic carbocycles. The first-order valence-corrected chi connectivity index (χ1v) is 18.5. The molecular weight excluding hydrogens is 650 g/mol. The first-order chi connectivity index (χ1) is 24.6. The minimum Gasteiger partial charge on any atom is -0.381 e. The third kappa shape index (κ3) is 11.8. The number of aryl methyl sites for hydroxylation is 3. The Morgan fingerprint density at radius 2 is 1.41 bits per heavy atom. The normalized spacial score (nSPS) is 16.2. The number of unbranched alkanes of at least 4 members (excludes halogenated alkanes) is 3. The first-order valence-electron chi connectivity index (χ1n) is 18.5. The van der Waals surface area contributed by atoms with E-state index in [2.05, 4.69) is 24.3 Å². The zero-order valence-corrected chi connectivity index (χ0v) is 30.6. The van der Waals surface area contributed by atoms with E-state index in [1.807, 2.05) is 25.1 Å². The summed E-state index contributed by atoms with van der Waals surface area (Å²) < 4.78 is 20.7. The van der Waals surface area contributed by atoms with Crippen LogP contribution in [0.3, 0.4) is 0 Å². The topological polar surface area (TPSA) is 161 Å². The molecule has 1 fully saturated rings. The molecule has 280 valence electrons. The van der Waals surface area contributed by atoms with Gasteiger partial charge in [-0.1, -0.05) is 43.2 Å². The van der Waals surface area contributed by atoms with Gasteiger partial charge in [0.1, 0.15) is 6.04 Å². The number of piperidine rings is 1. The molecule has 2 heterocycles. The van der Waals surface area contributed by atoms with Crippen LogP contribution < -0.4 is 17.2 Å². The summed E-state index contributed by atoms with van der Waals surface area (Å²) in [6.07, 6.45) is 9.23. The number of primary amides is 1. The van der Waals surface area contributed by atoms with Crippen LogP contribution >= 0.6 is 0 Å². The predicted octanol–water partition coefficient (Wildman–Crippen LogP) is 4.32. The van der Waals surface area contributed by atoms with E-state index in [1.54, 1.807) is 16.2 Å². The van der Waals surface area contributed by atoms with Gasteiger partial charge in [-0.15, -0.1) is 0 Å². The SMILES string of the molecule is C[C@@H](OCc1ccc(CCCOCCCCCCOCCCc2ccc3c(c2)n(C)c(=O)n3C2CCC(=O)N(C)C2=O)cc1)[C@@H](N)CCC(N)=O. The molecule has 0 radical (unpaired) electrons. The van der Waals surface area contributed by atoms with Crippen molar-refractivity contribution in [3.8, 4) is 0 Å². The van der Waals surface area contributed by atoms with Crippen molar-refractivity contribution in [1.82, 2.24) is 14.0 Å². The van der Waals surface area contributed by atoms with Crippen LogP contribution in [0.15, 0.2) is 47.3 Å². The molecule has 1 aliphatic rings. The number of nitrogens with zero attached hydrogens (tertiary/aromatic N) is 3. The van der Waals surface area contributed by atoms with Gasteiger partial charge in [0.2, 0.25) is 11.8 Å². The number of hydrogen-bond acceptors (Lipinski definition) is 8. The Morgan fingerprint density at radius 1 is 0.824 bits per heavy atom. The number of imidazole rings is 1. The Labute approximate surface area is 301 Å². The van der Waals surface area contributed by atoms with Crippen molar-refractivity contribution in [1.29, 1.82) is 0 Å². The first kappa shape index (κ1) is 39.9. The zero-order chi connectivity index (χ0) is 36.8. The number of benzene rings is 2. The molecule has 1 aliphatic heterocycles. The highest BCUT2D eigenvalue weighted by atomic mass is 16.5. The molecule has 3 atom stereocenters. The fourth-order valence-corrected chi connectivity index (χ4v) is 6.42. The molecule has 12 heteroatoms. The number of likely N-dealkylation sites (N-methyl/N-ethyl adjacent to an activating group) is 1. The van der Waals surface area contributed by atoms with Crippen molar-refractivity contribution in [2.75, 3.05) is 33.5 Å². The largest absolute Gasteiger partial charge is 0.381 e. The van der Waals surface area contributed by atoms with Gasteiger partial charge in [-0.2, -0.15) is 0 Å². The Hall–Kier alpha value is -3.84. The number of carbonyl (C=O) groups is 3. The van der Waals surface area contributed by atoms with Crippen molar-refractivity contribution in [2.24, 2.45) is 18.5 Å². The highest BCUT2D eigenvalue weighted by Crippen LogP contribution is 2.26. The molecule has 4 rings (SSSR count). The third-order valence-corrected chi connectivity index (χ3v) is 9.79. The van der Waals surface area contributed by atoms with Gasteiger partial charge in [-0.3, -0.25) is 28.4 Å². The van der Waals surface area contributed by atoms with Crippen LogP contribution in [0, 0.1) is 0 Å². The van der Waals surface area contributed by atoms with Gasteiger partial charge in [0, 0.05) is 59.4 Å². The van der Waals surface area contributed by atoms with E-state index in [-0.39, 0.29) is 48.4 Å². The van der Waals surface area contributed by atoms with Crippen molar-refractivity contribution >= 4 is 28.8 Å². The van der Waals surface area contributed by atoms with Crippen LogP contribution in [0.4, 0.5) is 0 Å². The molecular formula is C39H57N5O7. The molecule has 0 spiro atoms. The van der Waals surface area contributed by atoms with Gasteiger partial charge in [-0.05, 0) is 87.1 Å². The molecule has 12 nitrogen and oxygen atoms in total. The maximum Gasteiger partial charge on any atom is 0.329 e. The average molecular weight is 708 g/mol. The van der Waals surface area contributed by atoms with Gasteiger partial charge >= 0.3 is 5.69 Å². The summed E-state index contributed by atoms with van der Waals surface area (Å²) in [4.78, 5) is 49.8. The molecule has 3 aromatic rings. The standard InChI is InChI=1S/C39H57N5O7/c1-28(32(40)17-20-36(41)45)51-27-31-14-12-29(13-15-31)10-8-24-49-22-6-4-5-7-23-50-25-9-11-30-16-18-33-35(26-30)42(2)39(48)44(33)34-19-21-37(46)43(3)38(34)47/h12-16,18,26,28,32,34H,4-11,17,19-25,27,40H2,1-3H3,(H2,41,45)/t28-,32+,34?/m1/s1. The second-order valence-corrected chi connectivity index (χ2v) is 13.7. The number of fused-ring (bicyclic) bond motifs is 1. The average Bonchev–Trinajstić information content (AvgIpc) is 3.37. The lowest BCUT2D eigenvalue weighted by molar-refractivity contribution is -0.149. The van der Waals surface area contributed by atoms with Crippen molar-refractivity contribution in [2.45, 2.75) is 109 Å². The summed E-state index contributed by atoms with van der Waals surface area (Å²) in [5.41, 5.74) is 16.0. The lowest BCUT2D eigenvalue weighted by Crippen LogP contribution is -2.45. The molecule has 51 heavy (non-hydrogen) atoms. The van der Waals surface area contributed by atoms with E-state index >= 15 is 0 Å². The summed E-state index contributed by atoms with van der Waals surface area (Å²) in [7, 11) is 3.20. The van der Waals surface area contributed by atoms with Crippen LogP contribution in [0.2, 0.25) is 0 Å². The highest BCUT2D eigenvalue weighted by Gasteiger charge is 2.35. The minimum absolute atomic E-state index is 0.151. The fraction of sp³-hybridized carbons (Fsp3) is 0.590. The monoisotopic (exact) mass is 707 g/mol. The summed E-state index contributed by atoms with van der Waals surface area (Å²) in [5.74, 6) is -0.887. The zero-order valence-electron chi connectivity index (χ0n) is 30.6. The summed E-state index contributed by atoms with van der Waals surface area (Å²) in [6.45, 7) is 5.37. The van der Waals surface area contributed by atoms with Gasteiger partial charge < -0.3 is 25.7 Å². The Morgan fingerprint density at radius 3 is 2.06 bits per heavy atom. The maximum absolute atomic E-state index is 13.1. The van der Waals surface area contributed by atoms with Crippen molar-refractivity contribution < 1.29 is 28.6 Å². The molecule has 0 bridgehead atoms. The van der Waals surface area contributed by atoms with Crippen molar-refractivity contribution in [3.05, 3.63) is 69.6 Å². The number of carbonyl (C=O) groups excluding carboxylic acids is 3. The lowest BCUT2D eigenvalue weighted by Gasteiger charge is -2.28. The van der Waals surface area contributed by atoms with E-state index in [1.165, 1.54) is 12.6 Å². The number of rotatable bonds is 23. The van der Waals surface area contributed by atoms with E-state index in [4.69, 9.17) is 25.7 Å². The number of ether oxygens (including phenoxy) is 3. The number of likely N-dealkylation sites (tertiary alicyclic amines) is 1. The Bertz CT molecular complexity index is 1630. The van der Waals surface area contributed by atoms with Gasteiger partial charge in [-0.25, -0.2) is 4.79 Å². The van der Waals surface area contributed by atoms with E-state index in [9.17, 15) is 19.2 Å². The molecule has 1 saturated heterocycles. The summed E-state index contributed by atoms with van der Waals surface area (Å²) in [6, 6.07) is 13.5. The van der Waals surface area contributed by atoms with Crippen LogP contribution in [-0.2, 0) is 55.1 Å². The maximum atomic E-state index is 13.1. The fourth-order valence-electron chi connectivity index (χ4n) is 6.42. The lowest BCUT2D eigenvalue weighted by atomic mass is 10.0. The second kappa shape index (κ2) is 20.3. The minimum atomic E-state index is -0.659. The number of hydrogen-bond donors (Lipinski definition) is 2. The van der Waals surface area contributed by atoms with Crippen LogP contribution in [0.5, 0.6) is 0 Å².